The van der Waals surface area contributed by atoms with Crippen molar-refractivity contribution in [1.82, 2.24) is 0 Å². The van der Waals surface area contributed by atoms with Crippen molar-refractivity contribution in [2.24, 2.45) is 0 Å². The second kappa shape index (κ2) is 8.76. The summed E-state index contributed by atoms with van der Waals surface area (Å²) in [6.07, 6.45) is 0.0271. The monoisotopic (exact) mass is 366 g/mol. The number of rotatable bonds is 7. The van der Waals surface area contributed by atoms with E-state index in [1.54, 1.807) is 24.3 Å². The van der Waals surface area contributed by atoms with Gasteiger partial charge < -0.3 is 4.74 Å². The topological polar surface area (TPSA) is 60.4 Å². The standard InChI is InChI=1S/C23H26O4/c1-16-5-7-17(8-6-16)20(24)13-14-22(26)27-15-21(25)18-9-11-19(12-10-18)23(2,3)4/h5-12H,13-15H2,1-4H3. The number of carbonyl (C=O) groups excluding carboxylic acids is 3. The summed E-state index contributed by atoms with van der Waals surface area (Å²) < 4.78 is 5.02. The molecule has 0 aliphatic rings. The average Bonchev–Trinajstić information content (AvgIpc) is 2.64. The van der Waals surface area contributed by atoms with Gasteiger partial charge in [-0.3, -0.25) is 14.4 Å². The Morgan fingerprint density at radius 3 is 1.85 bits per heavy atom. The summed E-state index contributed by atoms with van der Waals surface area (Å²) in [7, 11) is 0. The maximum atomic E-state index is 12.2. The number of ether oxygens (including phenoxy) is 1. The molecule has 2 rings (SSSR count). The van der Waals surface area contributed by atoms with Crippen molar-refractivity contribution in [1.29, 1.82) is 0 Å². The molecule has 0 aliphatic carbocycles. The van der Waals surface area contributed by atoms with E-state index >= 15 is 0 Å². The Morgan fingerprint density at radius 1 is 0.778 bits per heavy atom. The summed E-state index contributed by atoms with van der Waals surface area (Å²) in [5, 5.41) is 0. The third-order valence-corrected chi connectivity index (χ3v) is 4.37. The van der Waals surface area contributed by atoms with E-state index in [0.29, 0.717) is 11.1 Å². The lowest BCUT2D eigenvalue weighted by molar-refractivity contribution is -0.142. The van der Waals surface area contributed by atoms with Crippen LogP contribution in [-0.2, 0) is 14.9 Å². The van der Waals surface area contributed by atoms with Crippen LogP contribution in [0.5, 0.6) is 0 Å². The van der Waals surface area contributed by atoms with Crippen LogP contribution >= 0.6 is 0 Å². The molecular formula is C23H26O4. The molecular weight excluding hydrogens is 340 g/mol. The fraction of sp³-hybridized carbons (Fsp3) is 0.348. The van der Waals surface area contributed by atoms with Gasteiger partial charge in [0.1, 0.15) is 0 Å². The molecule has 0 amide bonds. The highest BCUT2D eigenvalue weighted by atomic mass is 16.5. The van der Waals surface area contributed by atoms with Crippen molar-refractivity contribution < 1.29 is 19.1 Å². The van der Waals surface area contributed by atoms with Crippen LogP contribution in [0.25, 0.3) is 0 Å². The van der Waals surface area contributed by atoms with E-state index in [2.05, 4.69) is 20.8 Å². The Kier molecular flexibility index (Phi) is 6.67. The largest absolute Gasteiger partial charge is 0.457 e. The van der Waals surface area contributed by atoms with Crippen molar-refractivity contribution in [3.8, 4) is 0 Å². The quantitative estimate of drug-likeness (QED) is 0.527. The van der Waals surface area contributed by atoms with Gasteiger partial charge in [0.05, 0.1) is 6.42 Å². The van der Waals surface area contributed by atoms with Gasteiger partial charge in [-0.25, -0.2) is 0 Å². The lowest BCUT2D eigenvalue weighted by atomic mass is 9.86. The van der Waals surface area contributed by atoms with Crippen LogP contribution in [-0.4, -0.2) is 24.1 Å². The Hall–Kier alpha value is -2.75. The first-order valence-corrected chi connectivity index (χ1v) is 9.06. The highest BCUT2D eigenvalue weighted by molar-refractivity contribution is 5.99. The van der Waals surface area contributed by atoms with Crippen molar-refractivity contribution in [2.75, 3.05) is 6.61 Å². The second-order valence-corrected chi connectivity index (χ2v) is 7.70. The molecule has 0 heterocycles. The molecule has 0 aromatic heterocycles. The lowest BCUT2D eigenvalue weighted by Gasteiger charge is -2.18. The van der Waals surface area contributed by atoms with Crippen molar-refractivity contribution in [3.05, 3.63) is 70.8 Å². The maximum absolute atomic E-state index is 12.2. The molecule has 0 N–H and O–H groups in total. The minimum atomic E-state index is -0.546. The number of aryl methyl sites for hydroxylation is 1. The fourth-order valence-electron chi connectivity index (χ4n) is 2.56. The van der Waals surface area contributed by atoms with E-state index in [1.807, 2.05) is 31.2 Å². The van der Waals surface area contributed by atoms with E-state index in [9.17, 15) is 14.4 Å². The maximum Gasteiger partial charge on any atom is 0.306 e. The Labute approximate surface area is 160 Å². The van der Waals surface area contributed by atoms with Crippen LogP contribution in [0.15, 0.2) is 48.5 Å². The molecule has 0 saturated heterocycles. The van der Waals surface area contributed by atoms with Gasteiger partial charge in [0.2, 0.25) is 0 Å². The van der Waals surface area contributed by atoms with Gasteiger partial charge in [-0.2, -0.15) is 0 Å². The van der Waals surface area contributed by atoms with Crippen LogP contribution in [0.2, 0.25) is 0 Å². The summed E-state index contributed by atoms with van der Waals surface area (Å²) >= 11 is 0. The Morgan fingerprint density at radius 2 is 1.30 bits per heavy atom. The molecule has 27 heavy (non-hydrogen) atoms. The molecule has 0 fully saturated rings. The number of Topliss-reactive ketones (excluding diaryl/α,β-unsaturated/α-hetero) is 2. The van der Waals surface area contributed by atoms with Crippen molar-refractivity contribution >= 4 is 17.5 Å². The number of carbonyl (C=O) groups is 3. The van der Waals surface area contributed by atoms with Gasteiger partial charge >= 0.3 is 5.97 Å². The zero-order valence-electron chi connectivity index (χ0n) is 16.4. The van der Waals surface area contributed by atoms with Crippen LogP contribution < -0.4 is 0 Å². The first kappa shape index (κ1) is 20.6. The summed E-state index contributed by atoms with van der Waals surface area (Å²) in [6, 6.07) is 14.5. The zero-order chi connectivity index (χ0) is 20.0. The van der Waals surface area contributed by atoms with Gasteiger partial charge in [0.25, 0.3) is 0 Å². The molecule has 0 atom stereocenters. The SMILES string of the molecule is Cc1ccc(C(=O)CCC(=O)OCC(=O)c2ccc(C(C)(C)C)cc2)cc1. The van der Waals surface area contributed by atoms with Gasteiger partial charge in [0.15, 0.2) is 18.2 Å². The molecule has 0 saturated carbocycles. The summed E-state index contributed by atoms with van der Waals surface area (Å²) in [6.45, 7) is 7.93. The first-order valence-electron chi connectivity index (χ1n) is 9.06. The van der Waals surface area contributed by atoms with Crippen LogP contribution in [0, 0.1) is 6.92 Å². The predicted octanol–water partition coefficient (Wildman–Crippen LogP) is 4.68. The molecule has 2 aromatic rings. The predicted molar refractivity (Wildman–Crippen MR) is 105 cm³/mol. The average molecular weight is 366 g/mol. The molecule has 0 radical (unpaired) electrons. The molecule has 142 valence electrons. The van der Waals surface area contributed by atoms with E-state index in [4.69, 9.17) is 4.74 Å². The Balaban J connectivity index is 1.80. The molecule has 0 unspecified atom stereocenters. The van der Waals surface area contributed by atoms with E-state index in [-0.39, 0.29) is 36.4 Å². The third-order valence-electron chi connectivity index (χ3n) is 4.37. The molecule has 4 heteroatoms. The highest BCUT2D eigenvalue weighted by Crippen LogP contribution is 2.22. The van der Waals surface area contributed by atoms with Gasteiger partial charge in [-0.15, -0.1) is 0 Å². The normalized spacial score (nSPS) is 11.1. The number of benzene rings is 2. The first-order chi connectivity index (χ1) is 12.7. The summed E-state index contributed by atoms with van der Waals surface area (Å²) in [5.74, 6) is -0.917. The highest BCUT2D eigenvalue weighted by Gasteiger charge is 2.16. The second-order valence-electron chi connectivity index (χ2n) is 7.70. The van der Waals surface area contributed by atoms with E-state index < -0.39 is 5.97 Å². The van der Waals surface area contributed by atoms with E-state index in [1.165, 1.54) is 0 Å². The van der Waals surface area contributed by atoms with Gasteiger partial charge in [-0.05, 0) is 17.9 Å². The number of hydrogen-bond acceptors (Lipinski definition) is 4. The minimum Gasteiger partial charge on any atom is -0.457 e. The summed E-state index contributed by atoms with van der Waals surface area (Å²) in [5.41, 5.74) is 3.29. The number of ketones is 2. The molecule has 0 bridgehead atoms. The van der Waals surface area contributed by atoms with Crippen LogP contribution in [0.4, 0.5) is 0 Å². The number of esters is 1. The molecule has 0 aliphatic heterocycles. The van der Waals surface area contributed by atoms with Gasteiger partial charge in [-0.1, -0.05) is 74.9 Å². The lowest BCUT2D eigenvalue weighted by Crippen LogP contribution is -2.16. The number of hydrogen-bond donors (Lipinski definition) is 0. The third kappa shape index (κ3) is 6.17. The van der Waals surface area contributed by atoms with E-state index in [0.717, 1.165) is 11.1 Å². The fourth-order valence-corrected chi connectivity index (χ4v) is 2.56. The Bertz CT molecular complexity index is 809. The van der Waals surface area contributed by atoms with Crippen molar-refractivity contribution in [2.45, 2.75) is 46.0 Å². The molecule has 2 aromatic carbocycles. The smallest absolute Gasteiger partial charge is 0.306 e. The van der Waals surface area contributed by atoms with Crippen LogP contribution in [0.1, 0.15) is 65.5 Å². The zero-order valence-corrected chi connectivity index (χ0v) is 16.4. The summed E-state index contributed by atoms with van der Waals surface area (Å²) in [4.78, 5) is 36.0. The van der Waals surface area contributed by atoms with Crippen molar-refractivity contribution in [3.63, 3.8) is 0 Å². The van der Waals surface area contributed by atoms with Gasteiger partial charge in [0, 0.05) is 17.5 Å². The molecule has 4 nitrogen and oxygen atoms in total. The minimum absolute atomic E-state index is 0.0119. The van der Waals surface area contributed by atoms with Crippen LogP contribution in [0.3, 0.4) is 0 Å². The molecule has 0 spiro atoms.